The van der Waals surface area contributed by atoms with Crippen molar-refractivity contribution in [3.63, 3.8) is 0 Å². The van der Waals surface area contributed by atoms with Crippen molar-refractivity contribution in [2.24, 2.45) is 0 Å². The second-order valence-electron chi connectivity index (χ2n) is 2.71. The van der Waals surface area contributed by atoms with E-state index in [2.05, 4.69) is 10.1 Å². The Bertz CT molecular complexity index is 485. The Kier molecular flexibility index (Phi) is 2.79. The van der Waals surface area contributed by atoms with E-state index in [1.807, 2.05) is 0 Å². The van der Waals surface area contributed by atoms with Crippen LogP contribution < -0.4 is 4.74 Å². The zero-order valence-corrected chi connectivity index (χ0v) is 9.21. The standard InChI is InChI=1S/C9H6Cl2N2O2/c1-14-7-4-5(10)2-3-6(7)8-12-9(11)13-15-8/h2-4H,1H3. The van der Waals surface area contributed by atoms with Crippen LogP contribution in [0.3, 0.4) is 0 Å². The minimum Gasteiger partial charge on any atom is -0.496 e. The highest BCUT2D eigenvalue weighted by molar-refractivity contribution is 6.30. The lowest BCUT2D eigenvalue weighted by atomic mass is 10.2. The number of halogens is 2. The molecule has 1 aromatic heterocycles. The summed E-state index contributed by atoms with van der Waals surface area (Å²) in [4.78, 5) is 3.88. The first kappa shape index (κ1) is 10.3. The molecule has 1 aromatic carbocycles. The Labute approximate surface area is 95.8 Å². The lowest BCUT2D eigenvalue weighted by Crippen LogP contribution is -1.87. The van der Waals surface area contributed by atoms with Gasteiger partial charge in [-0.2, -0.15) is 4.98 Å². The second kappa shape index (κ2) is 4.08. The molecule has 0 saturated carbocycles. The van der Waals surface area contributed by atoms with Crippen LogP contribution in [0, 0.1) is 0 Å². The molecule has 0 saturated heterocycles. The number of aromatic nitrogens is 2. The minimum absolute atomic E-state index is 0.0574. The van der Waals surface area contributed by atoms with Crippen molar-refractivity contribution in [1.29, 1.82) is 0 Å². The number of rotatable bonds is 2. The van der Waals surface area contributed by atoms with Crippen molar-refractivity contribution in [3.05, 3.63) is 28.5 Å². The number of methoxy groups -OCH3 is 1. The van der Waals surface area contributed by atoms with Crippen LogP contribution in [-0.2, 0) is 0 Å². The Hall–Kier alpha value is -1.26. The van der Waals surface area contributed by atoms with Crippen molar-refractivity contribution >= 4 is 23.2 Å². The lowest BCUT2D eigenvalue weighted by molar-refractivity contribution is 0.405. The van der Waals surface area contributed by atoms with Crippen molar-refractivity contribution in [2.45, 2.75) is 0 Å². The summed E-state index contributed by atoms with van der Waals surface area (Å²) in [6.07, 6.45) is 0. The molecule has 0 aliphatic rings. The van der Waals surface area contributed by atoms with E-state index in [1.165, 1.54) is 7.11 Å². The number of hydrogen-bond acceptors (Lipinski definition) is 4. The minimum atomic E-state index is 0.0574. The molecule has 6 heteroatoms. The summed E-state index contributed by atoms with van der Waals surface area (Å²) >= 11 is 11.4. The third-order valence-electron chi connectivity index (χ3n) is 1.80. The van der Waals surface area contributed by atoms with Crippen molar-refractivity contribution < 1.29 is 9.26 Å². The van der Waals surface area contributed by atoms with Crippen LogP contribution in [0.15, 0.2) is 22.7 Å². The first-order valence-corrected chi connectivity index (χ1v) is 4.79. The van der Waals surface area contributed by atoms with Gasteiger partial charge in [0.2, 0.25) is 0 Å². The zero-order chi connectivity index (χ0) is 10.8. The molecule has 2 rings (SSSR count). The number of nitrogens with zero attached hydrogens (tertiary/aromatic N) is 2. The fourth-order valence-corrected chi connectivity index (χ4v) is 1.43. The van der Waals surface area contributed by atoms with E-state index in [-0.39, 0.29) is 5.28 Å². The molecular formula is C9H6Cl2N2O2. The van der Waals surface area contributed by atoms with Gasteiger partial charge in [0, 0.05) is 5.02 Å². The Morgan fingerprint density at radius 2 is 2.13 bits per heavy atom. The molecule has 0 fully saturated rings. The van der Waals surface area contributed by atoms with E-state index in [1.54, 1.807) is 18.2 Å². The fraction of sp³-hybridized carbons (Fsp3) is 0.111. The Balaban J connectivity index is 2.52. The summed E-state index contributed by atoms with van der Waals surface area (Å²) in [6, 6.07) is 5.09. The van der Waals surface area contributed by atoms with Crippen molar-refractivity contribution in [3.8, 4) is 17.2 Å². The average molecular weight is 245 g/mol. The summed E-state index contributed by atoms with van der Waals surface area (Å²) in [7, 11) is 1.53. The molecule has 0 amide bonds. The molecule has 1 heterocycles. The van der Waals surface area contributed by atoms with E-state index in [0.29, 0.717) is 22.2 Å². The van der Waals surface area contributed by atoms with Gasteiger partial charge in [0.05, 0.1) is 12.7 Å². The molecule has 0 radical (unpaired) electrons. The van der Waals surface area contributed by atoms with Gasteiger partial charge in [-0.05, 0) is 35.0 Å². The normalized spacial score (nSPS) is 10.3. The highest BCUT2D eigenvalue weighted by Crippen LogP contribution is 2.31. The van der Waals surface area contributed by atoms with E-state index < -0.39 is 0 Å². The zero-order valence-electron chi connectivity index (χ0n) is 7.70. The molecule has 2 aromatic rings. The first-order valence-electron chi connectivity index (χ1n) is 4.04. The maximum Gasteiger partial charge on any atom is 0.264 e. The van der Waals surface area contributed by atoms with Gasteiger partial charge in [0.25, 0.3) is 11.2 Å². The van der Waals surface area contributed by atoms with Gasteiger partial charge in [0.15, 0.2) is 0 Å². The molecular weight excluding hydrogens is 239 g/mol. The van der Waals surface area contributed by atoms with Gasteiger partial charge >= 0.3 is 0 Å². The third kappa shape index (κ3) is 2.06. The van der Waals surface area contributed by atoms with Gasteiger partial charge in [-0.1, -0.05) is 11.6 Å². The lowest BCUT2D eigenvalue weighted by Gasteiger charge is -2.04. The van der Waals surface area contributed by atoms with Crippen molar-refractivity contribution in [2.75, 3.05) is 7.11 Å². The van der Waals surface area contributed by atoms with E-state index >= 15 is 0 Å². The van der Waals surface area contributed by atoms with E-state index in [4.69, 9.17) is 32.5 Å². The van der Waals surface area contributed by atoms with Gasteiger partial charge in [-0.15, -0.1) is 0 Å². The maximum absolute atomic E-state index is 5.82. The topological polar surface area (TPSA) is 48.2 Å². The van der Waals surface area contributed by atoms with Gasteiger partial charge in [-0.25, -0.2) is 0 Å². The van der Waals surface area contributed by atoms with Crippen LogP contribution in [0.1, 0.15) is 0 Å². The Morgan fingerprint density at radius 1 is 1.33 bits per heavy atom. The monoisotopic (exact) mass is 244 g/mol. The molecule has 0 aliphatic carbocycles. The van der Waals surface area contributed by atoms with Gasteiger partial charge < -0.3 is 9.26 Å². The molecule has 0 bridgehead atoms. The summed E-state index contributed by atoms with van der Waals surface area (Å²) in [5.74, 6) is 0.858. The molecule has 0 atom stereocenters. The smallest absolute Gasteiger partial charge is 0.264 e. The summed E-state index contributed by atoms with van der Waals surface area (Å²) in [5.41, 5.74) is 0.654. The molecule has 0 spiro atoms. The molecule has 0 aliphatic heterocycles. The van der Waals surface area contributed by atoms with Crippen molar-refractivity contribution in [1.82, 2.24) is 10.1 Å². The predicted octanol–water partition coefficient (Wildman–Crippen LogP) is 3.05. The maximum atomic E-state index is 5.82. The highest BCUT2D eigenvalue weighted by atomic mass is 35.5. The molecule has 0 unspecified atom stereocenters. The molecule has 0 N–H and O–H groups in total. The first-order chi connectivity index (χ1) is 7.20. The van der Waals surface area contributed by atoms with E-state index in [0.717, 1.165) is 0 Å². The third-order valence-corrected chi connectivity index (χ3v) is 2.18. The largest absolute Gasteiger partial charge is 0.496 e. The number of benzene rings is 1. The second-order valence-corrected chi connectivity index (χ2v) is 3.49. The van der Waals surface area contributed by atoms with Crippen LogP contribution in [0.4, 0.5) is 0 Å². The summed E-state index contributed by atoms with van der Waals surface area (Å²) in [6.45, 7) is 0. The predicted molar refractivity (Wildman–Crippen MR) is 56.3 cm³/mol. The van der Waals surface area contributed by atoms with Crippen LogP contribution in [0.2, 0.25) is 10.3 Å². The average Bonchev–Trinajstić information content (AvgIpc) is 2.64. The SMILES string of the molecule is COc1cc(Cl)ccc1-c1nc(Cl)no1. The van der Waals surface area contributed by atoms with Crippen LogP contribution in [-0.4, -0.2) is 17.3 Å². The molecule has 78 valence electrons. The Morgan fingerprint density at radius 3 is 2.73 bits per heavy atom. The summed E-state index contributed by atoms with van der Waals surface area (Å²) < 4.78 is 10.1. The number of hydrogen-bond donors (Lipinski definition) is 0. The van der Waals surface area contributed by atoms with Gasteiger partial charge in [0.1, 0.15) is 5.75 Å². The fourth-order valence-electron chi connectivity index (χ4n) is 1.16. The highest BCUT2D eigenvalue weighted by Gasteiger charge is 2.12. The molecule has 15 heavy (non-hydrogen) atoms. The van der Waals surface area contributed by atoms with Crippen LogP contribution >= 0.6 is 23.2 Å². The van der Waals surface area contributed by atoms with Crippen LogP contribution in [0.25, 0.3) is 11.5 Å². The summed E-state index contributed by atoms with van der Waals surface area (Å²) in [5, 5.41) is 4.11. The molecule has 4 nitrogen and oxygen atoms in total. The van der Waals surface area contributed by atoms with E-state index in [9.17, 15) is 0 Å². The van der Waals surface area contributed by atoms with Gasteiger partial charge in [-0.3, -0.25) is 0 Å². The quantitative estimate of drug-likeness (QED) is 0.815. The number of ether oxygens (including phenoxy) is 1. The van der Waals surface area contributed by atoms with Crippen LogP contribution in [0.5, 0.6) is 5.75 Å².